The van der Waals surface area contributed by atoms with Crippen molar-refractivity contribution in [1.29, 1.82) is 0 Å². The molecule has 0 fully saturated rings. The number of fused-ring (bicyclic) bond motifs is 1. The third-order valence-electron chi connectivity index (χ3n) is 6.00. The van der Waals surface area contributed by atoms with Crippen molar-refractivity contribution in [3.63, 3.8) is 0 Å². The molecule has 5 rings (SSSR count). The van der Waals surface area contributed by atoms with Crippen molar-refractivity contribution in [3.8, 4) is 11.1 Å². The summed E-state index contributed by atoms with van der Waals surface area (Å²) in [5.41, 5.74) is 5.22. The van der Waals surface area contributed by atoms with E-state index in [-0.39, 0.29) is 18.0 Å². The summed E-state index contributed by atoms with van der Waals surface area (Å²) in [6.45, 7) is 0.833. The lowest BCUT2D eigenvalue weighted by Gasteiger charge is -2.13. The number of benzene rings is 3. The van der Waals surface area contributed by atoms with Crippen LogP contribution in [-0.4, -0.2) is 26.5 Å². The number of hydrogen-bond acceptors (Lipinski definition) is 3. The summed E-state index contributed by atoms with van der Waals surface area (Å²) in [5.74, 6) is -1.21. The van der Waals surface area contributed by atoms with Gasteiger partial charge in [0.15, 0.2) is 0 Å². The molecule has 0 aliphatic carbocycles. The lowest BCUT2D eigenvalue weighted by atomic mass is 10.0. The maximum absolute atomic E-state index is 13.5. The van der Waals surface area contributed by atoms with E-state index in [9.17, 15) is 9.59 Å². The second-order valence-corrected chi connectivity index (χ2v) is 8.90. The molecule has 0 radical (unpaired) electrons. The van der Waals surface area contributed by atoms with E-state index in [1.807, 2.05) is 59.3 Å². The molecule has 6 nitrogen and oxygen atoms in total. The normalized spacial score (nSPS) is 10.9. The Kier molecular flexibility index (Phi) is 6.52. The highest BCUT2D eigenvalue weighted by Crippen LogP contribution is 2.29. The van der Waals surface area contributed by atoms with Gasteiger partial charge in [-0.05, 0) is 65.2 Å². The summed E-state index contributed by atoms with van der Waals surface area (Å²) >= 11 is 6.19. The lowest BCUT2D eigenvalue weighted by Crippen LogP contribution is -2.23. The summed E-state index contributed by atoms with van der Waals surface area (Å²) < 4.78 is 2.05. The molecule has 2 aromatic heterocycles. The van der Waals surface area contributed by atoms with Crippen LogP contribution in [0.5, 0.6) is 0 Å². The zero-order valence-electron chi connectivity index (χ0n) is 19.2. The molecule has 0 bridgehead atoms. The summed E-state index contributed by atoms with van der Waals surface area (Å²) in [6, 6.07) is 23.9. The summed E-state index contributed by atoms with van der Waals surface area (Å²) in [5, 5.41) is 13.7. The van der Waals surface area contributed by atoms with Crippen molar-refractivity contribution in [1.82, 2.24) is 14.9 Å². The highest BCUT2D eigenvalue weighted by molar-refractivity contribution is 6.30. The number of hydrogen-bond donors (Lipinski definition) is 2. The predicted octanol–water partition coefficient (Wildman–Crippen LogP) is 6.03. The first-order chi connectivity index (χ1) is 17.5. The summed E-state index contributed by atoms with van der Waals surface area (Å²) in [7, 11) is 0. The van der Waals surface area contributed by atoms with Gasteiger partial charge in [-0.15, -0.1) is 0 Å². The highest BCUT2D eigenvalue weighted by Gasteiger charge is 2.17. The van der Waals surface area contributed by atoms with E-state index in [4.69, 9.17) is 16.7 Å². The second-order valence-electron chi connectivity index (χ2n) is 8.46. The van der Waals surface area contributed by atoms with E-state index >= 15 is 0 Å². The van der Waals surface area contributed by atoms with E-state index in [0.717, 1.165) is 33.2 Å². The zero-order valence-corrected chi connectivity index (χ0v) is 19.9. The van der Waals surface area contributed by atoms with Gasteiger partial charge in [0, 0.05) is 47.7 Å². The molecule has 0 aliphatic rings. The van der Waals surface area contributed by atoms with E-state index in [2.05, 4.69) is 16.4 Å². The van der Waals surface area contributed by atoms with E-state index in [1.54, 1.807) is 24.5 Å². The van der Waals surface area contributed by atoms with Gasteiger partial charge in [-0.1, -0.05) is 41.9 Å². The molecule has 36 heavy (non-hydrogen) atoms. The number of halogens is 1. The number of aromatic nitrogens is 2. The van der Waals surface area contributed by atoms with Crippen molar-refractivity contribution in [2.75, 3.05) is 0 Å². The third kappa shape index (κ3) is 4.99. The van der Waals surface area contributed by atoms with Crippen molar-refractivity contribution in [2.45, 2.75) is 13.1 Å². The number of amides is 1. The monoisotopic (exact) mass is 495 g/mol. The lowest BCUT2D eigenvalue weighted by molar-refractivity contribution is 0.0696. The van der Waals surface area contributed by atoms with Crippen LogP contribution in [0.3, 0.4) is 0 Å². The minimum absolute atomic E-state index is 0.204. The summed E-state index contributed by atoms with van der Waals surface area (Å²) in [4.78, 5) is 28.8. The molecular formula is C29H22ClN3O3. The minimum Gasteiger partial charge on any atom is -0.478 e. The topological polar surface area (TPSA) is 84.2 Å². The molecule has 5 aromatic rings. The smallest absolute Gasteiger partial charge is 0.335 e. The van der Waals surface area contributed by atoms with Gasteiger partial charge in [0.2, 0.25) is 0 Å². The molecular weight excluding hydrogens is 474 g/mol. The molecule has 0 unspecified atom stereocenters. The Balaban J connectivity index is 1.51. The number of nitrogens with one attached hydrogen (secondary N) is 1. The highest BCUT2D eigenvalue weighted by atomic mass is 35.5. The Hall–Kier alpha value is -4.42. The van der Waals surface area contributed by atoms with Gasteiger partial charge in [-0.3, -0.25) is 9.78 Å². The van der Waals surface area contributed by atoms with Crippen molar-refractivity contribution in [2.24, 2.45) is 0 Å². The number of carbonyl (C=O) groups is 2. The third-order valence-corrected chi connectivity index (χ3v) is 6.23. The predicted molar refractivity (Wildman–Crippen MR) is 140 cm³/mol. The quantitative estimate of drug-likeness (QED) is 0.288. The number of nitrogens with zero attached hydrogens (tertiary/aromatic N) is 2. The van der Waals surface area contributed by atoms with Crippen molar-refractivity contribution in [3.05, 3.63) is 125 Å². The standard InChI is InChI=1S/C29H22ClN3O3/c30-25-5-1-3-20(13-25)18-33-12-10-22-14-24(23-4-2-11-31-17-23)15-26(27(22)33)28(34)32-16-19-6-8-21(9-7-19)29(35)36/h1-15,17H,16,18H2,(H,32,34)(H,35,36). The van der Waals surface area contributed by atoms with Crippen LogP contribution in [0.1, 0.15) is 31.8 Å². The van der Waals surface area contributed by atoms with Gasteiger partial charge in [0.1, 0.15) is 0 Å². The number of carboxylic acid groups (broad SMARTS) is 1. The van der Waals surface area contributed by atoms with Crippen LogP contribution in [0.25, 0.3) is 22.0 Å². The molecule has 2 N–H and O–H groups in total. The van der Waals surface area contributed by atoms with Crippen LogP contribution < -0.4 is 5.32 Å². The zero-order chi connectivity index (χ0) is 25.1. The van der Waals surface area contributed by atoms with E-state index in [0.29, 0.717) is 17.1 Å². The summed E-state index contributed by atoms with van der Waals surface area (Å²) in [6.07, 6.45) is 5.46. The molecule has 0 saturated heterocycles. The Morgan fingerprint density at radius 3 is 2.47 bits per heavy atom. The molecule has 0 atom stereocenters. The molecule has 0 spiro atoms. The van der Waals surface area contributed by atoms with Crippen LogP contribution in [0.15, 0.2) is 97.5 Å². The van der Waals surface area contributed by atoms with Gasteiger partial charge < -0.3 is 15.0 Å². The van der Waals surface area contributed by atoms with Crippen LogP contribution in [0, 0.1) is 0 Å². The number of carbonyl (C=O) groups excluding carboxylic acids is 1. The average Bonchev–Trinajstić information content (AvgIpc) is 3.30. The SMILES string of the molecule is O=C(O)c1ccc(CNC(=O)c2cc(-c3cccnc3)cc3ccn(Cc4cccc(Cl)c4)c23)cc1. The van der Waals surface area contributed by atoms with Gasteiger partial charge in [-0.25, -0.2) is 4.79 Å². The molecule has 0 saturated carbocycles. The van der Waals surface area contributed by atoms with Crippen LogP contribution in [0.2, 0.25) is 5.02 Å². The fraction of sp³-hybridized carbons (Fsp3) is 0.0690. The molecule has 0 aliphatic heterocycles. The molecule has 2 heterocycles. The first kappa shape index (κ1) is 23.3. The molecule has 178 valence electrons. The Morgan fingerprint density at radius 2 is 1.75 bits per heavy atom. The minimum atomic E-state index is -0.985. The van der Waals surface area contributed by atoms with Crippen molar-refractivity contribution < 1.29 is 14.7 Å². The van der Waals surface area contributed by atoms with Gasteiger partial charge in [0.05, 0.1) is 16.6 Å². The van der Waals surface area contributed by atoms with Gasteiger partial charge in [-0.2, -0.15) is 0 Å². The van der Waals surface area contributed by atoms with E-state index in [1.165, 1.54) is 12.1 Å². The van der Waals surface area contributed by atoms with Gasteiger partial charge in [0.25, 0.3) is 5.91 Å². The largest absolute Gasteiger partial charge is 0.478 e. The van der Waals surface area contributed by atoms with Gasteiger partial charge >= 0.3 is 5.97 Å². The fourth-order valence-electron chi connectivity index (χ4n) is 4.23. The van der Waals surface area contributed by atoms with E-state index < -0.39 is 5.97 Å². The maximum atomic E-state index is 13.5. The number of carboxylic acids is 1. The maximum Gasteiger partial charge on any atom is 0.335 e. The van der Waals surface area contributed by atoms with Crippen LogP contribution >= 0.6 is 11.6 Å². The Labute approximate surface area is 212 Å². The van der Waals surface area contributed by atoms with Crippen LogP contribution in [-0.2, 0) is 13.1 Å². The molecule has 1 amide bonds. The number of aromatic carboxylic acids is 1. The first-order valence-corrected chi connectivity index (χ1v) is 11.7. The first-order valence-electron chi connectivity index (χ1n) is 11.4. The number of rotatable bonds is 7. The average molecular weight is 496 g/mol. The molecule has 7 heteroatoms. The number of pyridine rings is 1. The second kappa shape index (κ2) is 10.1. The van der Waals surface area contributed by atoms with Crippen molar-refractivity contribution >= 4 is 34.4 Å². The Morgan fingerprint density at radius 1 is 0.917 bits per heavy atom. The van der Waals surface area contributed by atoms with Crippen LogP contribution in [0.4, 0.5) is 0 Å². The fourth-order valence-corrected chi connectivity index (χ4v) is 4.44. The Bertz CT molecular complexity index is 1560. The molecule has 3 aromatic carbocycles.